The lowest BCUT2D eigenvalue weighted by atomic mass is 9.67. The summed E-state index contributed by atoms with van der Waals surface area (Å²) in [5.74, 6) is -0.208. The third-order valence-electron chi connectivity index (χ3n) is 5.84. The van der Waals surface area contributed by atoms with Crippen LogP contribution < -0.4 is 4.74 Å². The Morgan fingerprint density at radius 2 is 1.15 bits per heavy atom. The summed E-state index contributed by atoms with van der Waals surface area (Å²) >= 11 is 0. The molecule has 0 bridgehead atoms. The van der Waals surface area contributed by atoms with Crippen molar-refractivity contribution in [1.82, 2.24) is 0 Å². The minimum Gasteiger partial charge on any atom is -0.494 e. The van der Waals surface area contributed by atoms with Crippen molar-refractivity contribution in [2.24, 2.45) is 0 Å². The number of ether oxygens (including phenoxy) is 1. The summed E-state index contributed by atoms with van der Waals surface area (Å²) in [6, 6.07) is 39.2. The van der Waals surface area contributed by atoms with Crippen LogP contribution >= 0.6 is 0 Å². The fraction of sp³-hybridized carbons (Fsp3) is 0.100. The molecule has 0 fully saturated rings. The molecule has 0 saturated carbocycles. The molecule has 0 spiro atoms. The fourth-order valence-electron chi connectivity index (χ4n) is 4.27. The van der Waals surface area contributed by atoms with Gasteiger partial charge in [0.2, 0.25) is 0 Å². The Morgan fingerprint density at radius 1 is 0.697 bits per heavy atom. The molecule has 3 heteroatoms. The predicted octanol–water partition coefficient (Wildman–Crippen LogP) is 6.59. The van der Waals surface area contributed by atoms with E-state index in [9.17, 15) is 4.79 Å². The van der Waals surface area contributed by atoms with Crippen molar-refractivity contribution in [3.05, 3.63) is 144 Å². The minimum atomic E-state index is -0.964. The number of aliphatic carboxylic acids is 1. The maximum atomic E-state index is 10.7. The van der Waals surface area contributed by atoms with Crippen LogP contribution in [-0.2, 0) is 10.2 Å². The monoisotopic (exact) mass is 434 g/mol. The summed E-state index contributed by atoms with van der Waals surface area (Å²) in [4.78, 5) is 10.7. The fourth-order valence-corrected chi connectivity index (χ4v) is 4.27. The van der Waals surface area contributed by atoms with Crippen molar-refractivity contribution < 1.29 is 14.6 Å². The van der Waals surface area contributed by atoms with Crippen molar-refractivity contribution in [2.75, 3.05) is 6.61 Å². The molecular weight excluding hydrogens is 408 g/mol. The van der Waals surface area contributed by atoms with E-state index in [1.54, 1.807) is 6.08 Å². The second-order valence-corrected chi connectivity index (χ2v) is 7.84. The van der Waals surface area contributed by atoms with Crippen LogP contribution in [0.1, 0.15) is 28.7 Å². The molecule has 4 rings (SSSR count). The van der Waals surface area contributed by atoms with Crippen molar-refractivity contribution in [1.29, 1.82) is 0 Å². The molecule has 0 radical (unpaired) electrons. The summed E-state index contributed by atoms with van der Waals surface area (Å²) in [7, 11) is 0. The van der Waals surface area contributed by atoms with Gasteiger partial charge in [-0.2, -0.15) is 0 Å². The third kappa shape index (κ3) is 5.21. The second kappa shape index (κ2) is 10.5. The average Bonchev–Trinajstić information content (AvgIpc) is 2.88. The number of carboxylic acid groups (broad SMARTS) is 1. The normalized spacial score (nSPS) is 11.4. The summed E-state index contributed by atoms with van der Waals surface area (Å²) in [5, 5.41) is 8.79. The van der Waals surface area contributed by atoms with E-state index in [1.807, 2.05) is 42.5 Å². The molecule has 0 aliphatic rings. The Labute approximate surface area is 194 Å². The van der Waals surface area contributed by atoms with Crippen LogP contribution in [0, 0.1) is 0 Å². The van der Waals surface area contributed by atoms with Crippen LogP contribution in [0.25, 0.3) is 6.08 Å². The largest absolute Gasteiger partial charge is 0.494 e. The number of hydrogen-bond donors (Lipinski definition) is 1. The van der Waals surface area contributed by atoms with Crippen LogP contribution in [0.5, 0.6) is 5.75 Å². The molecule has 164 valence electrons. The quantitative estimate of drug-likeness (QED) is 0.239. The van der Waals surface area contributed by atoms with Gasteiger partial charge in [-0.05, 0) is 46.9 Å². The van der Waals surface area contributed by atoms with Gasteiger partial charge in [0.25, 0.3) is 0 Å². The van der Waals surface area contributed by atoms with Crippen molar-refractivity contribution in [2.45, 2.75) is 11.8 Å². The van der Waals surface area contributed by atoms with E-state index >= 15 is 0 Å². The molecule has 0 atom stereocenters. The van der Waals surface area contributed by atoms with Gasteiger partial charge in [0.05, 0.1) is 6.61 Å². The first-order valence-electron chi connectivity index (χ1n) is 11.0. The van der Waals surface area contributed by atoms with Crippen molar-refractivity contribution >= 4 is 12.0 Å². The highest BCUT2D eigenvalue weighted by molar-refractivity contribution is 5.85. The summed E-state index contributed by atoms with van der Waals surface area (Å²) in [5.41, 5.74) is 4.13. The molecule has 0 aliphatic heterocycles. The Bertz CT molecular complexity index is 1090. The van der Waals surface area contributed by atoms with Crippen LogP contribution in [0.3, 0.4) is 0 Å². The third-order valence-corrected chi connectivity index (χ3v) is 5.84. The summed E-state index contributed by atoms with van der Waals surface area (Å²) < 4.78 is 6.17. The Kier molecular flexibility index (Phi) is 7.01. The number of benzene rings is 4. The number of hydrogen-bond acceptors (Lipinski definition) is 2. The Balaban J connectivity index is 1.64. The van der Waals surface area contributed by atoms with Crippen LogP contribution in [0.4, 0.5) is 0 Å². The topological polar surface area (TPSA) is 46.5 Å². The number of carbonyl (C=O) groups is 1. The molecule has 33 heavy (non-hydrogen) atoms. The van der Waals surface area contributed by atoms with E-state index in [0.717, 1.165) is 23.8 Å². The highest BCUT2D eigenvalue weighted by Crippen LogP contribution is 2.42. The molecule has 1 N–H and O–H groups in total. The SMILES string of the molecule is O=C(O)/C=C/c1ccc(OCCC(c2ccccc2)(c2ccccc2)c2ccccc2)cc1. The van der Waals surface area contributed by atoms with E-state index in [-0.39, 0.29) is 5.41 Å². The zero-order valence-corrected chi connectivity index (χ0v) is 18.3. The van der Waals surface area contributed by atoms with Gasteiger partial charge in [0.1, 0.15) is 5.75 Å². The molecule has 0 heterocycles. The zero-order valence-electron chi connectivity index (χ0n) is 18.3. The standard InChI is InChI=1S/C30H26O3/c31-29(32)21-18-24-16-19-28(20-17-24)33-23-22-30(25-10-4-1-5-11-25,26-12-6-2-7-13-26)27-14-8-3-9-15-27/h1-21H,22-23H2,(H,31,32)/b21-18+. The highest BCUT2D eigenvalue weighted by Gasteiger charge is 2.36. The molecule has 0 amide bonds. The number of carboxylic acids is 1. The molecule has 3 nitrogen and oxygen atoms in total. The molecule has 4 aromatic rings. The van der Waals surface area contributed by atoms with E-state index in [1.165, 1.54) is 16.7 Å². The van der Waals surface area contributed by atoms with Gasteiger partial charge < -0.3 is 9.84 Å². The maximum absolute atomic E-state index is 10.7. The molecule has 4 aromatic carbocycles. The van der Waals surface area contributed by atoms with Gasteiger partial charge in [-0.25, -0.2) is 4.79 Å². The molecule has 0 unspecified atom stereocenters. The van der Waals surface area contributed by atoms with Crippen molar-refractivity contribution in [3.63, 3.8) is 0 Å². The lowest BCUT2D eigenvalue weighted by molar-refractivity contribution is -0.131. The maximum Gasteiger partial charge on any atom is 0.328 e. The van der Waals surface area contributed by atoms with E-state index in [2.05, 4.69) is 72.8 Å². The number of rotatable bonds is 9. The second-order valence-electron chi connectivity index (χ2n) is 7.84. The van der Waals surface area contributed by atoms with Crippen LogP contribution in [-0.4, -0.2) is 17.7 Å². The van der Waals surface area contributed by atoms with Gasteiger partial charge in [-0.3, -0.25) is 0 Å². The Hall–Kier alpha value is -4.11. The zero-order chi connectivity index (χ0) is 22.9. The highest BCUT2D eigenvalue weighted by atomic mass is 16.5. The first-order chi connectivity index (χ1) is 16.2. The molecule has 0 aliphatic carbocycles. The van der Waals surface area contributed by atoms with Gasteiger partial charge in [-0.15, -0.1) is 0 Å². The lowest BCUT2D eigenvalue weighted by Gasteiger charge is -2.36. The average molecular weight is 435 g/mol. The Morgan fingerprint density at radius 3 is 1.58 bits per heavy atom. The van der Waals surface area contributed by atoms with Crippen LogP contribution in [0.2, 0.25) is 0 Å². The first-order valence-corrected chi connectivity index (χ1v) is 11.0. The van der Waals surface area contributed by atoms with Crippen LogP contribution in [0.15, 0.2) is 121 Å². The predicted molar refractivity (Wildman–Crippen MR) is 132 cm³/mol. The first kappa shape index (κ1) is 22.1. The van der Waals surface area contributed by atoms with Crippen molar-refractivity contribution in [3.8, 4) is 5.75 Å². The summed E-state index contributed by atoms with van der Waals surface area (Å²) in [6.45, 7) is 0.517. The van der Waals surface area contributed by atoms with Gasteiger partial charge >= 0.3 is 5.97 Å². The summed E-state index contributed by atoms with van der Waals surface area (Å²) in [6.07, 6.45) is 3.45. The van der Waals surface area contributed by atoms with Gasteiger partial charge in [0, 0.05) is 11.5 Å². The minimum absolute atomic E-state index is 0.353. The van der Waals surface area contributed by atoms with Gasteiger partial charge in [-0.1, -0.05) is 103 Å². The molecule has 0 saturated heterocycles. The molecular formula is C30H26O3. The lowest BCUT2D eigenvalue weighted by Crippen LogP contribution is -2.31. The molecule has 0 aromatic heterocycles. The van der Waals surface area contributed by atoms with E-state index in [4.69, 9.17) is 9.84 Å². The van der Waals surface area contributed by atoms with E-state index in [0.29, 0.717) is 6.61 Å². The smallest absolute Gasteiger partial charge is 0.328 e. The van der Waals surface area contributed by atoms with E-state index < -0.39 is 5.97 Å². The van der Waals surface area contributed by atoms with Gasteiger partial charge in [0.15, 0.2) is 0 Å².